The van der Waals surface area contributed by atoms with Gasteiger partial charge in [0.25, 0.3) is 0 Å². The van der Waals surface area contributed by atoms with Crippen LogP contribution in [-0.2, 0) is 27.9 Å². The number of carbonyl (C=O) groups is 1. The minimum Gasteiger partial charge on any atom is -0.457 e. The summed E-state index contributed by atoms with van der Waals surface area (Å²) in [6.07, 6.45) is 30.5. The maximum Gasteiger partial charge on any atom is 0.472 e. The quantitative estimate of drug-likeness (QED) is 0.0265. The molecule has 0 aliphatic heterocycles. The number of likely N-dealkylation sites (N-methyl/N-ethyl adjacent to an activating group) is 1. The highest BCUT2D eigenvalue weighted by Gasteiger charge is 2.26. The number of hydrogen-bond donors (Lipinski definition) is 1. The van der Waals surface area contributed by atoms with Gasteiger partial charge in [0.1, 0.15) is 19.3 Å². The SMILES string of the molecule is CC/C=C\C/C=C\C/C=C\CCCCCCCCOCC(COP(=O)(O)OCC[N+](C)(C)C)OC(=O)CCCCCCCC. The Morgan fingerprint density at radius 3 is 1.98 bits per heavy atom. The van der Waals surface area contributed by atoms with Gasteiger partial charge in [-0.25, -0.2) is 4.57 Å². The Morgan fingerprint density at radius 1 is 0.727 bits per heavy atom. The fourth-order valence-corrected chi connectivity index (χ4v) is 5.01. The van der Waals surface area contributed by atoms with Crippen LogP contribution in [0.5, 0.6) is 0 Å². The molecule has 0 aromatic rings. The number of phosphoric acid groups is 1. The lowest BCUT2D eigenvalue weighted by Crippen LogP contribution is -2.37. The molecule has 44 heavy (non-hydrogen) atoms. The first-order valence-corrected chi connectivity index (χ1v) is 18.7. The zero-order valence-electron chi connectivity index (χ0n) is 28.9. The van der Waals surface area contributed by atoms with Gasteiger partial charge in [0, 0.05) is 13.0 Å². The minimum absolute atomic E-state index is 0.0853. The second kappa shape index (κ2) is 29.1. The summed E-state index contributed by atoms with van der Waals surface area (Å²) in [5.74, 6) is -0.331. The van der Waals surface area contributed by atoms with Gasteiger partial charge in [0.2, 0.25) is 0 Å². The molecule has 0 aromatic carbocycles. The third kappa shape index (κ3) is 32.1. The Bertz CT molecular complexity index is 807. The molecule has 2 unspecified atom stereocenters. The number of nitrogens with zero attached hydrogens (tertiary/aromatic N) is 1. The van der Waals surface area contributed by atoms with E-state index in [1.54, 1.807) is 0 Å². The zero-order valence-corrected chi connectivity index (χ0v) is 29.8. The number of carbonyl (C=O) groups excluding carboxylic acids is 1. The third-order valence-corrected chi connectivity index (χ3v) is 7.95. The molecule has 2 atom stereocenters. The predicted octanol–water partition coefficient (Wildman–Crippen LogP) is 9.09. The van der Waals surface area contributed by atoms with Gasteiger partial charge in [-0.2, -0.15) is 0 Å². The Hall–Kier alpha value is -1.28. The van der Waals surface area contributed by atoms with E-state index in [-0.39, 0.29) is 25.8 Å². The molecule has 258 valence electrons. The number of ether oxygens (including phenoxy) is 2. The Balaban J connectivity index is 4.25. The molecule has 0 fully saturated rings. The summed E-state index contributed by atoms with van der Waals surface area (Å²) >= 11 is 0. The van der Waals surface area contributed by atoms with E-state index >= 15 is 0 Å². The minimum atomic E-state index is -4.26. The summed E-state index contributed by atoms with van der Waals surface area (Å²) in [6, 6.07) is 0. The Labute approximate surface area is 270 Å². The molecule has 0 radical (unpaired) electrons. The molecule has 0 bridgehead atoms. The molecule has 9 heteroatoms. The van der Waals surface area contributed by atoms with Crippen molar-refractivity contribution in [3.63, 3.8) is 0 Å². The van der Waals surface area contributed by atoms with Gasteiger partial charge in [-0.1, -0.05) is 108 Å². The smallest absolute Gasteiger partial charge is 0.457 e. The van der Waals surface area contributed by atoms with E-state index in [1.807, 2.05) is 21.1 Å². The summed E-state index contributed by atoms with van der Waals surface area (Å²) in [6.45, 7) is 5.39. The highest BCUT2D eigenvalue weighted by Crippen LogP contribution is 2.43. The van der Waals surface area contributed by atoms with Crippen LogP contribution in [-0.4, -0.2) is 75.6 Å². The lowest BCUT2D eigenvalue weighted by molar-refractivity contribution is -0.870. The van der Waals surface area contributed by atoms with Gasteiger partial charge in [-0.05, 0) is 44.9 Å². The second-order valence-electron chi connectivity index (χ2n) is 12.5. The van der Waals surface area contributed by atoms with Crippen LogP contribution >= 0.6 is 7.82 Å². The standard InChI is InChI=1S/C35H66NO7P/c1-6-8-10-12-14-15-16-17-18-19-20-21-22-23-25-27-30-40-32-34(43-35(37)28-26-24-13-11-9-7-2)33-42-44(38,39)41-31-29-36(3,4)5/h8,10,14-15,17-18,34H,6-7,9,11-13,16,19-33H2,1-5H3/p+1/b10-8-,15-14-,18-17-. The molecule has 0 amide bonds. The van der Waals surface area contributed by atoms with Crippen molar-refractivity contribution in [3.05, 3.63) is 36.5 Å². The number of unbranched alkanes of at least 4 members (excludes halogenated alkanes) is 11. The van der Waals surface area contributed by atoms with Crippen molar-refractivity contribution in [2.45, 2.75) is 129 Å². The molecule has 0 aliphatic carbocycles. The number of quaternary nitrogens is 1. The van der Waals surface area contributed by atoms with Gasteiger partial charge in [0.05, 0.1) is 34.4 Å². The van der Waals surface area contributed by atoms with Crippen molar-refractivity contribution in [1.29, 1.82) is 0 Å². The van der Waals surface area contributed by atoms with Crippen molar-refractivity contribution < 1.29 is 37.3 Å². The highest BCUT2D eigenvalue weighted by atomic mass is 31.2. The zero-order chi connectivity index (χ0) is 32.8. The van der Waals surface area contributed by atoms with Crippen LogP contribution in [0.1, 0.15) is 123 Å². The van der Waals surface area contributed by atoms with Crippen molar-refractivity contribution in [3.8, 4) is 0 Å². The number of phosphoric ester groups is 1. The van der Waals surface area contributed by atoms with E-state index in [9.17, 15) is 14.3 Å². The number of rotatable bonds is 31. The van der Waals surface area contributed by atoms with E-state index in [0.29, 0.717) is 24.1 Å². The summed E-state index contributed by atoms with van der Waals surface area (Å²) < 4.78 is 34.6. The van der Waals surface area contributed by atoms with Crippen molar-refractivity contribution in [2.75, 3.05) is 54.1 Å². The van der Waals surface area contributed by atoms with Crippen LogP contribution in [0.2, 0.25) is 0 Å². The molecule has 0 saturated carbocycles. The van der Waals surface area contributed by atoms with Gasteiger partial charge in [-0.15, -0.1) is 0 Å². The maximum absolute atomic E-state index is 12.4. The lowest BCUT2D eigenvalue weighted by atomic mass is 10.1. The second-order valence-corrected chi connectivity index (χ2v) is 14.0. The van der Waals surface area contributed by atoms with Crippen molar-refractivity contribution in [2.24, 2.45) is 0 Å². The molecule has 0 aromatic heterocycles. The molecular formula is C35H67NO7P+. The van der Waals surface area contributed by atoms with Crippen molar-refractivity contribution >= 4 is 13.8 Å². The Morgan fingerprint density at radius 2 is 1.32 bits per heavy atom. The summed E-state index contributed by atoms with van der Waals surface area (Å²) in [7, 11) is 1.65. The first-order valence-electron chi connectivity index (χ1n) is 17.2. The molecular weight excluding hydrogens is 577 g/mol. The van der Waals surface area contributed by atoms with Crippen LogP contribution in [0.4, 0.5) is 0 Å². The van der Waals surface area contributed by atoms with Gasteiger partial charge < -0.3 is 18.9 Å². The highest BCUT2D eigenvalue weighted by molar-refractivity contribution is 7.47. The summed E-state index contributed by atoms with van der Waals surface area (Å²) in [5.41, 5.74) is 0. The normalized spacial score (nSPS) is 14.6. The monoisotopic (exact) mass is 644 g/mol. The predicted molar refractivity (Wildman–Crippen MR) is 183 cm³/mol. The average molecular weight is 645 g/mol. The molecule has 0 saturated heterocycles. The average Bonchev–Trinajstić information content (AvgIpc) is 2.96. The molecule has 1 N–H and O–H groups in total. The summed E-state index contributed by atoms with van der Waals surface area (Å²) in [4.78, 5) is 22.5. The Kier molecular flexibility index (Phi) is 28.3. The van der Waals surface area contributed by atoms with Crippen LogP contribution < -0.4 is 0 Å². The van der Waals surface area contributed by atoms with Crippen LogP contribution in [0.15, 0.2) is 36.5 Å². The molecule has 0 aliphatic rings. The lowest BCUT2D eigenvalue weighted by Gasteiger charge is -2.24. The van der Waals surface area contributed by atoms with E-state index < -0.39 is 13.9 Å². The number of esters is 1. The van der Waals surface area contributed by atoms with E-state index in [0.717, 1.165) is 57.8 Å². The van der Waals surface area contributed by atoms with Gasteiger partial charge >= 0.3 is 13.8 Å². The third-order valence-electron chi connectivity index (χ3n) is 6.97. The fraction of sp³-hybridized carbons (Fsp3) is 0.800. The van der Waals surface area contributed by atoms with E-state index in [2.05, 4.69) is 50.3 Å². The fourth-order valence-electron chi connectivity index (χ4n) is 4.27. The first kappa shape index (κ1) is 42.7. The molecule has 8 nitrogen and oxygen atoms in total. The van der Waals surface area contributed by atoms with Crippen LogP contribution in [0, 0.1) is 0 Å². The number of allylic oxidation sites excluding steroid dienone is 6. The number of hydrogen-bond acceptors (Lipinski definition) is 6. The van der Waals surface area contributed by atoms with Crippen molar-refractivity contribution in [1.82, 2.24) is 0 Å². The molecule has 0 heterocycles. The summed E-state index contributed by atoms with van der Waals surface area (Å²) in [5, 5.41) is 0. The maximum atomic E-state index is 12.4. The molecule has 0 spiro atoms. The topological polar surface area (TPSA) is 91.3 Å². The van der Waals surface area contributed by atoms with Gasteiger partial charge in [0.15, 0.2) is 0 Å². The first-order chi connectivity index (χ1) is 21.1. The van der Waals surface area contributed by atoms with E-state index in [4.69, 9.17) is 18.5 Å². The largest absolute Gasteiger partial charge is 0.472 e. The van der Waals surface area contributed by atoms with Crippen LogP contribution in [0.25, 0.3) is 0 Å². The van der Waals surface area contributed by atoms with E-state index in [1.165, 1.54) is 44.9 Å². The molecule has 0 rings (SSSR count). The van der Waals surface area contributed by atoms with Gasteiger partial charge in [-0.3, -0.25) is 13.8 Å². The van der Waals surface area contributed by atoms with Crippen LogP contribution in [0.3, 0.4) is 0 Å².